The van der Waals surface area contributed by atoms with Gasteiger partial charge in [0.1, 0.15) is 6.04 Å². The summed E-state index contributed by atoms with van der Waals surface area (Å²) in [5, 5.41) is 0. The minimum atomic E-state index is -4.38. The van der Waals surface area contributed by atoms with Crippen LogP contribution in [0, 0.1) is 0 Å². The third kappa shape index (κ3) is 4.80. The highest BCUT2D eigenvalue weighted by atomic mass is 19.4. The van der Waals surface area contributed by atoms with Gasteiger partial charge < -0.3 is 10.5 Å². The first-order valence-corrected chi connectivity index (χ1v) is 6.52. The van der Waals surface area contributed by atoms with E-state index in [-0.39, 0.29) is 11.9 Å². The Hall–Kier alpha value is -2.51. The summed E-state index contributed by atoms with van der Waals surface area (Å²) in [5.41, 5.74) is 10.2. The molecule has 0 saturated heterocycles. The molecule has 0 aliphatic heterocycles. The number of nitrogens with one attached hydrogen (secondary N) is 1. The van der Waals surface area contributed by atoms with E-state index in [4.69, 9.17) is 5.73 Å². The summed E-state index contributed by atoms with van der Waals surface area (Å²) in [7, 11) is 0. The molecule has 1 unspecified atom stereocenters. The number of nitrogen functional groups attached to an aromatic ring is 1. The van der Waals surface area contributed by atoms with Crippen molar-refractivity contribution in [2.24, 2.45) is 0 Å². The van der Waals surface area contributed by atoms with Crippen LogP contribution in [-0.4, -0.2) is 17.8 Å². The molecule has 118 valence electrons. The van der Waals surface area contributed by atoms with Crippen molar-refractivity contribution in [3.63, 3.8) is 0 Å². The van der Waals surface area contributed by atoms with Crippen LogP contribution in [-0.2, 0) is 0 Å². The zero-order chi connectivity index (χ0) is 16.2. The summed E-state index contributed by atoms with van der Waals surface area (Å²) in [4.78, 5) is 3.87. The van der Waals surface area contributed by atoms with Crippen LogP contribution in [0.1, 0.15) is 18.5 Å². The maximum absolute atomic E-state index is 12.0. The molecule has 2 heterocycles. The van der Waals surface area contributed by atoms with E-state index < -0.39 is 12.8 Å². The van der Waals surface area contributed by atoms with Crippen molar-refractivity contribution in [2.45, 2.75) is 19.1 Å². The number of hydrogen-bond acceptors (Lipinski definition) is 4. The zero-order valence-corrected chi connectivity index (χ0v) is 11.8. The molecule has 2 rings (SSSR count). The van der Waals surface area contributed by atoms with Crippen LogP contribution in [0.15, 0.2) is 42.9 Å². The molecule has 0 fully saturated rings. The molecule has 1 atom stereocenters. The highest BCUT2D eigenvalue weighted by Crippen LogP contribution is 2.18. The molecule has 2 aromatic heterocycles. The van der Waals surface area contributed by atoms with Crippen LogP contribution in [0.4, 0.5) is 18.9 Å². The van der Waals surface area contributed by atoms with Gasteiger partial charge in [-0.15, -0.1) is 0 Å². The van der Waals surface area contributed by atoms with E-state index in [2.05, 4.69) is 15.1 Å². The van der Waals surface area contributed by atoms with Crippen molar-refractivity contribution in [1.82, 2.24) is 4.98 Å². The average molecular weight is 313 g/mol. The SMILES string of the molecule is CC(N[n+]1cccc(N)c1)c1ccc(OCC(F)(F)F)nc1. The molecule has 0 spiro atoms. The van der Waals surface area contributed by atoms with Crippen LogP contribution in [0.3, 0.4) is 0 Å². The number of aromatic nitrogens is 2. The lowest BCUT2D eigenvalue weighted by Crippen LogP contribution is -2.45. The first kappa shape index (κ1) is 15.9. The smallest absolute Gasteiger partial charge is 0.422 e. The Morgan fingerprint density at radius 1 is 1.36 bits per heavy atom. The van der Waals surface area contributed by atoms with Crippen LogP contribution >= 0.6 is 0 Å². The fraction of sp³-hybridized carbons (Fsp3) is 0.286. The van der Waals surface area contributed by atoms with Crippen molar-refractivity contribution in [3.05, 3.63) is 48.4 Å². The van der Waals surface area contributed by atoms with Gasteiger partial charge in [0.2, 0.25) is 12.1 Å². The van der Waals surface area contributed by atoms with E-state index in [1.54, 1.807) is 35.3 Å². The largest absolute Gasteiger partial charge is 0.468 e. The van der Waals surface area contributed by atoms with Crippen LogP contribution < -0.4 is 20.6 Å². The molecule has 0 radical (unpaired) electrons. The van der Waals surface area contributed by atoms with E-state index in [1.165, 1.54) is 12.3 Å². The first-order chi connectivity index (χ1) is 10.3. The quantitative estimate of drug-likeness (QED) is 0.831. The van der Waals surface area contributed by atoms with Gasteiger partial charge >= 0.3 is 6.18 Å². The lowest BCUT2D eigenvalue weighted by molar-refractivity contribution is -0.653. The van der Waals surface area contributed by atoms with Gasteiger partial charge in [0, 0.05) is 18.3 Å². The lowest BCUT2D eigenvalue weighted by atomic mass is 10.1. The van der Waals surface area contributed by atoms with Crippen LogP contribution in [0.5, 0.6) is 5.88 Å². The first-order valence-electron chi connectivity index (χ1n) is 6.52. The van der Waals surface area contributed by atoms with E-state index in [1.807, 2.05) is 6.92 Å². The van der Waals surface area contributed by atoms with E-state index in [9.17, 15) is 13.2 Å². The van der Waals surface area contributed by atoms with Crippen molar-refractivity contribution in [2.75, 3.05) is 17.8 Å². The molecule has 5 nitrogen and oxygen atoms in total. The van der Waals surface area contributed by atoms with Gasteiger partial charge in [-0.2, -0.15) is 18.6 Å². The van der Waals surface area contributed by atoms with Crippen molar-refractivity contribution >= 4 is 5.69 Å². The van der Waals surface area contributed by atoms with Gasteiger partial charge in [0.15, 0.2) is 12.8 Å². The summed E-state index contributed by atoms with van der Waals surface area (Å²) >= 11 is 0. The van der Waals surface area contributed by atoms with Crippen LogP contribution in [0.2, 0.25) is 0 Å². The monoisotopic (exact) mass is 313 g/mol. The standard InChI is InChI=1S/C14H16F3N4O/c1-10(20-21-6-2-3-12(18)8-21)11-4-5-13(19-7-11)22-9-14(15,16)17/h2-8,10,20H,9,18H2,1H3/q+1. The fourth-order valence-corrected chi connectivity index (χ4v) is 1.76. The molecule has 0 amide bonds. The Morgan fingerprint density at radius 2 is 2.14 bits per heavy atom. The second kappa shape index (κ2) is 6.50. The van der Waals surface area contributed by atoms with Crippen LogP contribution in [0.25, 0.3) is 0 Å². The molecule has 0 bridgehead atoms. The number of pyridine rings is 2. The summed E-state index contributed by atoms with van der Waals surface area (Å²) in [6, 6.07) is 6.50. The Balaban J connectivity index is 1.97. The Morgan fingerprint density at radius 3 is 2.73 bits per heavy atom. The highest BCUT2D eigenvalue weighted by molar-refractivity contribution is 5.30. The molecule has 0 aliphatic rings. The third-order valence-electron chi connectivity index (χ3n) is 2.81. The number of ether oxygens (including phenoxy) is 1. The van der Waals surface area contributed by atoms with Gasteiger partial charge in [-0.3, -0.25) is 0 Å². The Labute approximate surface area is 125 Å². The van der Waals surface area contributed by atoms with E-state index in [0.717, 1.165) is 5.56 Å². The zero-order valence-electron chi connectivity index (χ0n) is 11.8. The molecule has 2 aromatic rings. The summed E-state index contributed by atoms with van der Waals surface area (Å²) in [6.45, 7) is 0.537. The normalized spacial score (nSPS) is 12.7. The lowest BCUT2D eigenvalue weighted by Gasteiger charge is -2.12. The third-order valence-corrected chi connectivity index (χ3v) is 2.81. The molecule has 0 aliphatic carbocycles. The number of nitrogens with zero attached hydrogens (tertiary/aromatic N) is 2. The van der Waals surface area contributed by atoms with Gasteiger partial charge in [-0.25, -0.2) is 4.98 Å². The number of hydrogen-bond donors (Lipinski definition) is 2. The van der Waals surface area contributed by atoms with E-state index >= 15 is 0 Å². The molecule has 0 saturated carbocycles. The minimum Gasteiger partial charge on any atom is -0.468 e. The van der Waals surface area contributed by atoms with Gasteiger partial charge in [0.25, 0.3) is 0 Å². The summed E-state index contributed by atoms with van der Waals surface area (Å²) in [5.74, 6) is -0.0649. The average Bonchev–Trinajstić information content (AvgIpc) is 2.45. The van der Waals surface area contributed by atoms with Gasteiger partial charge in [-0.05, 0) is 24.6 Å². The fourth-order valence-electron chi connectivity index (χ4n) is 1.76. The van der Waals surface area contributed by atoms with Crippen molar-refractivity contribution < 1.29 is 22.6 Å². The summed E-state index contributed by atoms with van der Waals surface area (Å²) in [6.07, 6.45) is 0.598. The van der Waals surface area contributed by atoms with Gasteiger partial charge in [-0.1, -0.05) is 4.68 Å². The molecule has 0 aromatic carbocycles. The summed E-state index contributed by atoms with van der Waals surface area (Å²) < 4.78 is 42.4. The maximum atomic E-state index is 12.0. The number of nitrogens with two attached hydrogens (primary N) is 1. The Kier molecular flexibility index (Phi) is 4.69. The minimum absolute atomic E-state index is 0.0649. The van der Waals surface area contributed by atoms with E-state index in [0.29, 0.717) is 5.69 Å². The topological polar surface area (TPSA) is 64.0 Å². The highest BCUT2D eigenvalue weighted by Gasteiger charge is 2.28. The maximum Gasteiger partial charge on any atom is 0.422 e. The molecule has 22 heavy (non-hydrogen) atoms. The molecule has 3 N–H and O–H groups in total. The predicted molar refractivity (Wildman–Crippen MR) is 74.6 cm³/mol. The molecular weight excluding hydrogens is 297 g/mol. The molecular formula is C14H16F3N4O+. The number of halogens is 3. The van der Waals surface area contributed by atoms with Crippen molar-refractivity contribution in [3.8, 4) is 5.88 Å². The molecule has 8 heteroatoms. The van der Waals surface area contributed by atoms with Gasteiger partial charge in [0.05, 0.1) is 5.69 Å². The van der Waals surface area contributed by atoms with Crippen molar-refractivity contribution in [1.29, 1.82) is 0 Å². The number of rotatable bonds is 5. The predicted octanol–water partition coefficient (Wildman–Crippen LogP) is 2.20. The second-order valence-corrected chi connectivity index (χ2v) is 4.73. The number of anilines is 1. The second-order valence-electron chi connectivity index (χ2n) is 4.73. The number of alkyl halides is 3. The Bertz CT molecular complexity index is 616.